The number of rotatable bonds is 12. The first-order valence-corrected chi connectivity index (χ1v) is 20.1. The molecule has 3 aromatic rings. The maximum atomic E-state index is 14.3. The van der Waals surface area contributed by atoms with Gasteiger partial charge in [-0.2, -0.15) is 0 Å². The van der Waals surface area contributed by atoms with Crippen LogP contribution in [0.2, 0.25) is 0 Å². The smallest absolute Gasteiger partial charge is 0.272 e. The monoisotopic (exact) mass is 734 g/mol. The van der Waals surface area contributed by atoms with Crippen LogP contribution in [0.3, 0.4) is 0 Å². The number of likely N-dealkylation sites (tertiary alicyclic amines) is 1. The van der Waals surface area contributed by atoms with Gasteiger partial charge in [-0.3, -0.25) is 24.3 Å². The molecule has 1 aromatic heterocycles. The van der Waals surface area contributed by atoms with Crippen molar-refractivity contribution in [3.8, 4) is 0 Å². The van der Waals surface area contributed by atoms with Gasteiger partial charge >= 0.3 is 0 Å². The van der Waals surface area contributed by atoms with E-state index in [0.717, 1.165) is 37.5 Å². The standard InChI is InChI=1S/C39H54N6O6S/c1-38(2,3)44-36(48)32-21-26-16-10-11-17-27(26)23-45(32)24-33(46)30(20-25-14-8-7-9-15-25)42-37(49)34(39(4,5)52(6,50)51)43-35(47)31-22-40-28-18-12-13-19-29(28)41-31/h7-9,12-15,18-19,22,26-27,30,32-34,46H,10-11,16-17,20-21,23-24H2,1-6H3,(H,42,49)(H,43,47)(H,44,48)/t26-,27+,30?,32?,33?,34+/m0/s1. The van der Waals surface area contributed by atoms with Gasteiger partial charge in [0.25, 0.3) is 5.91 Å². The Hall–Kier alpha value is -3.94. The Bertz CT molecular complexity index is 1850. The fourth-order valence-corrected chi connectivity index (χ4v) is 8.05. The van der Waals surface area contributed by atoms with Crippen molar-refractivity contribution in [2.24, 2.45) is 11.8 Å². The first-order chi connectivity index (χ1) is 24.4. The molecule has 2 aromatic carbocycles. The predicted molar refractivity (Wildman–Crippen MR) is 201 cm³/mol. The highest BCUT2D eigenvalue weighted by Gasteiger charge is 2.46. The summed E-state index contributed by atoms with van der Waals surface area (Å²) in [6.45, 7) is 9.37. The lowest BCUT2D eigenvalue weighted by molar-refractivity contribution is -0.133. The zero-order valence-electron chi connectivity index (χ0n) is 31.1. The van der Waals surface area contributed by atoms with Gasteiger partial charge in [-0.25, -0.2) is 13.4 Å². The average Bonchev–Trinajstić information content (AvgIpc) is 3.08. The molecule has 3 unspecified atom stereocenters. The number of hydrogen-bond donors (Lipinski definition) is 4. The fourth-order valence-electron chi connectivity index (χ4n) is 7.45. The number of fused-ring (bicyclic) bond motifs is 2. The van der Waals surface area contributed by atoms with Crippen LogP contribution in [-0.4, -0.2) is 100.0 Å². The number of hydrogen-bond acceptors (Lipinski definition) is 9. The molecule has 12 nitrogen and oxygen atoms in total. The molecule has 1 aliphatic carbocycles. The molecular formula is C39H54N6O6S. The largest absolute Gasteiger partial charge is 0.390 e. The summed E-state index contributed by atoms with van der Waals surface area (Å²) in [4.78, 5) is 52.3. The third-order valence-electron chi connectivity index (χ3n) is 10.7. The maximum absolute atomic E-state index is 14.3. The molecule has 1 saturated heterocycles. The van der Waals surface area contributed by atoms with E-state index in [2.05, 4.69) is 30.8 Å². The van der Waals surface area contributed by atoms with Gasteiger partial charge in [0.2, 0.25) is 11.8 Å². The molecule has 1 aliphatic heterocycles. The van der Waals surface area contributed by atoms with Gasteiger partial charge < -0.3 is 21.1 Å². The van der Waals surface area contributed by atoms with Crippen LogP contribution in [0.4, 0.5) is 0 Å². The quantitative estimate of drug-likeness (QED) is 0.218. The minimum atomic E-state index is -3.92. The molecule has 0 spiro atoms. The summed E-state index contributed by atoms with van der Waals surface area (Å²) in [5.74, 6) is -0.770. The number of aliphatic hydroxyl groups excluding tert-OH is 1. The Morgan fingerprint density at radius 1 is 0.923 bits per heavy atom. The molecule has 13 heteroatoms. The summed E-state index contributed by atoms with van der Waals surface area (Å²) < 4.78 is 24.5. The first-order valence-electron chi connectivity index (χ1n) is 18.2. The van der Waals surface area contributed by atoms with Crippen LogP contribution in [0, 0.1) is 11.8 Å². The van der Waals surface area contributed by atoms with Gasteiger partial charge in [-0.15, -0.1) is 0 Å². The second-order valence-electron chi connectivity index (χ2n) is 16.1. The van der Waals surface area contributed by atoms with Crippen molar-refractivity contribution in [3.63, 3.8) is 0 Å². The number of piperidine rings is 1. The topological polar surface area (TPSA) is 171 Å². The number of carbonyl (C=O) groups excluding carboxylic acids is 3. The van der Waals surface area contributed by atoms with Gasteiger partial charge in [0.15, 0.2) is 9.84 Å². The Kier molecular flexibility index (Phi) is 12.1. The van der Waals surface area contributed by atoms with Crippen molar-refractivity contribution in [3.05, 3.63) is 72.1 Å². The highest BCUT2D eigenvalue weighted by molar-refractivity contribution is 7.92. The van der Waals surface area contributed by atoms with Gasteiger partial charge in [-0.1, -0.05) is 61.7 Å². The van der Waals surface area contributed by atoms with Gasteiger partial charge in [0.05, 0.1) is 40.2 Å². The van der Waals surface area contributed by atoms with E-state index in [-0.39, 0.29) is 24.6 Å². The second-order valence-corrected chi connectivity index (χ2v) is 18.7. The van der Waals surface area contributed by atoms with Crippen LogP contribution in [0.5, 0.6) is 0 Å². The van der Waals surface area contributed by atoms with Crippen LogP contribution < -0.4 is 16.0 Å². The summed E-state index contributed by atoms with van der Waals surface area (Å²) in [5, 5.41) is 20.7. The number of carbonyl (C=O) groups is 3. The zero-order valence-corrected chi connectivity index (χ0v) is 31.9. The number of nitrogens with one attached hydrogen (secondary N) is 3. The molecule has 3 amide bonds. The number of amides is 3. The molecule has 1 saturated carbocycles. The molecule has 282 valence electrons. The Balaban J connectivity index is 1.43. The summed E-state index contributed by atoms with van der Waals surface area (Å²) in [5.41, 5.74) is 1.38. The molecular weight excluding hydrogens is 681 g/mol. The minimum absolute atomic E-state index is 0.0765. The van der Waals surface area contributed by atoms with E-state index in [9.17, 15) is 27.9 Å². The van der Waals surface area contributed by atoms with Gasteiger partial charge in [0, 0.05) is 24.9 Å². The summed E-state index contributed by atoms with van der Waals surface area (Å²) in [6.07, 6.45) is 6.52. The highest BCUT2D eigenvalue weighted by atomic mass is 32.2. The summed E-state index contributed by atoms with van der Waals surface area (Å²) in [6, 6.07) is 13.5. The Labute approximate surface area is 307 Å². The first kappa shape index (κ1) is 39.3. The van der Waals surface area contributed by atoms with Crippen LogP contribution in [0.1, 0.15) is 82.8 Å². The van der Waals surface area contributed by atoms with E-state index in [1.165, 1.54) is 20.0 Å². The number of aliphatic hydroxyl groups is 1. The Morgan fingerprint density at radius 2 is 1.56 bits per heavy atom. The second kappa shape index (κ2) is 16.0. The number of nitrogens with zero attached hydrogens (tertiary/aromatic N) is 3. The molecule has 2 heterocycles. The van der Waals surface area contributed by atoms with Crippen LogP contribution >= 0.6 is 0 Å². The van der Waals surface area contributed by atoms with Crippen LogP contribution in [0.15, 0.2) is 60.8 Å². The van der Waals surface area contributed by atoms with Gasteiger partial charge in [0.1, 0.15) is 11.7 Å². The summed E-state index contributed by atoms with van der Waals surface area (Å²) >= 11 is 0. The normalized spacial score (nSPS) is 21.7. The van der Waals surface area contributed by atoms with Gasteiger partial charge in [-0.05, 0) is 83.4 Å². The lowest BCUT2D eigenvalue weighted by Gasteiger charge is -2.47. The average molecular weight is 735 g/mol. The molecule has 5 rings (SSSR count). The van der Waals surface area contributed by atoms with Crippen molar-refractivity contribution in [1.82, 2.24) is 30.8 Å². The minimum Gasteiger partial charge on any atom is -0.390 e. The lowest BCUT2D eigenvalue weighted by Crippen LogP contribution is -2.64. The molecule has 52 heavy (non-hydrogen) atoms. The van der Waals surface area contributed by atoms with Crippen LogP contribution in [0.25, 0.3) is 11.0 Å². The molecule has 4 N–H and O–H groups in total. The molecule has 2 fully saturated rings. The van der Waals surface area contributed by atoms with Crippen molar-refractivity contribution in [1.29, 1.82) is 0 Å². The van der Waals surface area contributed by atoms with E-state index in [4.69, 9.17) is 0 Å². The van der Waals surface area contributed by atoms with Crippen LogP contribution in [-0.2, 0) is 25.8 Å². The third-order valence-corrected chi connectivity index (χ3v) is 12.8. The lowest BCUT2D eigenvalue weighted by atomic mass is 9.72. The highest BCUT2D eigenvalue weighted by Crippen LogP contribution is 2.39. The maximum Gasteiger partial charge on any atom is 0.272 e. The third kappa shape index (κ3) is 9.53. The molecule has 0 bridgehead atoms. The predicted octanol–water partition coefficient (Wildman–Crippen LogP) is 3.44. The number of benzene rings is 2. The zero-order chi connectivity index (χ0) is 37.8. The summed E-state index contributed by atoms with van der Waals surface area (Å²) in [7, 11) is -3.92. The Morgan fingerprint density at radius 3 is 2.21 bits per heavy atom. The van der Waals surface area contributed by atoms with E-state index in [1.807, 2.05) is 51.1 Å². The number of aromatic nitrogens is 2. The SMILES string of the molecule is CC(C)(C)NC(=O)C1C[C@@H]2CCCC[C@@H]2CN1CC(O)C(Cc1ccccc1)NC(=O)[C@@H](NC(=O)c1cnc2ccccc2n1)C(C)(C)S(C)(=O)=O. The molecule has 0 radical (unpaired) electrons. The van der Waals surface area contributed by atoms with E-state index in [0.29, 0.717) is 35.8 Å². The molecule has 2 aliphatic rings. The molecule has 6 atom stereocenters. The van der Waals surface area contributed by atoms with Crippen molar-refractivity contribution < 1.29 is 27.9 Å². The number of β-amino-alcohol motifs (C(OH)–C–C–N with tert-alkyl or cyclic N) is 1. The van der Waals surface area contributed by atoms with E-state index < -0.39 is 56.2 Å². The van der Waals surface area contributed by atoms with E-state index >= 15 is 0 Å². The number of sulfone groups is 1. The van der Waals surface area contributed by atoms with Crippen molar-refractivity contribution in [2.45, 2.75) is 108 Å². The fraction of sp³-hybridized carbons (Fsp3) is 0.564. The number of para-hydroxylation sites is 2. The van der Waals surface area contributed by atoms with Crippen molar-refractivity contribution >= 4 is 38.6 Å². The van der Waals surface area contributed by atoms with E-state index in [1.54, 1.807) is 24.3 Å². The van der Waals surface area contributed by atoms with Crippen molar-refractivity contribution in [2.75, 3.05) is 19.3 Å².